The average molecular weight is 253 g/mol. The fraction of sp³-hybridized carbons (Fsp3) is 0.375. The Kier molecular flexibility index (Phi) is 3.07. The summed E-state index contributed by atoms with van der Waals surface area (Å²) >= 11 is 0. The van der Waals surface area contributed by atoms with Crippen molar-refractivity contribution >= 4 is 0 Å². The molecule has 0 bridgehead atoms. The van der Waals surface area contributed by atoms with Gasteiger partial charge in [0.15, 0.2) is 0 Å². The highest BCUT2D eigenvalue weighted by molar-refractivity contribution is 5.62. The van der Waals surface area contributed by atoms with Crippen molar-refractivity contribution in [2.45, 2.75) is 38.1 Å². The van der Waals surface area contributed by atoms with Crippen LogP contribution in [0.1, 0.15) is 37.1 Å². The van der Waals surface area contributed by atoms with Crippen molar-refractivity contribution < 1.29 is 0 Å². The van der Waals surface area contributed by atoms with Gasteiger partial charge >= 0.3 is 0 Å². The number of rotatable bonds is 2. The third-order valence-electron chi connectivity index (χ3n) is 3.94. The van der Waals surface area contributed by atoms with E-state index in [2.05, 4.69) is 41.2 Å². The lowest BCUT2D eigenvalue weighted by Crippen LogP contribution is -2.35. The van der Waals surface area contributed by atoms with Gasteiger partial charge in [0.1, 0.15) is 5.82 Å². The summed E-state index contributed by atoms with van der Waals surface area (Å²) in [5.74, 6) is 0.793. The van der Waals surface area contributed by atoms with Crippen molar-refractivity contribution in [3.8, 4) is 11.1 Å². The molecule has 1 fully saturated rings. The van der Waals surface area contributed by atoms with Gasteiger partial charge in [0, 0.05) is 18.0 Å². The molecule has 1 aliphatic carbocycles. The molecule has 0 saturated heterocycles. The SMILES string of the molecule is Cc1cccc(-c2cnc(C3(N)CCCC3)nc2)c1. The standard InChI is InChI=1S/C16H19N3/c1-12-5-4-6-13(9-12)14-10-18-15(19-11-14)16(17)7-2-3-8-16/h4-6,9-11H,2-3,7-8,17H2,1H3. The molecule has 0 spiro atoms. The normalized spacial score (nSPS) is 17.6. The fourth-order valence-corrected chi connectivity index (χ4v) is 2.79. The van der Waals surface area contributed by atoms with Crippen LogP contribution in [-0.4, -0.2) is 9.97 Å². The third-order valence-corrected chi connectivity index (χ3v) is 3.94. The monoisotopic (exact) mass is 253 g/mol. The Bertz CT molecular complexity index is 569. The van der Waals surface area contributed by atoms with E-state index in [-0.39, 0.29) is 5.54 Å². The van der Waals surface area contributed by atoms with Crippen LogP contribution in [0.3, 0.4) is 0 Å². The molecular weight excluding hydrogens is 234 g/mol. The zero-order valence-corrected chi connectivity index (χ0v) is 11.3. The van der Waals surface area contributed by atoms with E-state index in [1.54, 1.807) is 0 Å². The zero-order chi connectivity index (χ0) is 13.3. The van der Waals surface area contributed by atoms with Crippen LogP contribution in [0.2, 0.25) is 0 Å². The number of hydrogen-bond acceptors (Lipinski definition) is 3. The molecule has 19 heavy (non-hydrogen) atoms. The molecule has 3 rings (SSSR count). The largest absolute Gasteiger partial charge is 0.319 e. The number of nitrogens with two attached hydrogens (primary N) is 1. The molecular formula is C16H19N3. The molecule has 3 nitrogen and oxygen atoms in total. The van der Waals surface area contributed by atoms with Crippen molar-refractivity contribution in [1.29, 1.82) is 0 Å². The predicted octanol–water partition coefficient (Wildman–Crippen LogP) is 3.18. The Morgan fingerprint density at radius 2 is 1.74 bits per heavy atom. The summed E-state index contributed by atoms with van der Waals surface area (Å²) < 4.78 is 0. The van der Waals surface area contributed by atoms with Crippen molar-refractivity contribution in [2.24, 2.45) is 5.73 Å². The van der Waals surface area contributed by atoms with Crippen LogP contribution in [0.5, 0.6) is 0 Å². The average Bonchev–Trinajstić information content (AvgIpc) is 2.87. The highest BCUT2D eigenvalue weighted by Gasteiger charge is 2.33. The van der Waals surface area contributed by atoms with Crippen LogP contribution in [-0.2, 0) is 5.54 Å². The Balaban J connectivity index is 1.91. The van der Waals surface area contributed by atoms with E-state index in [0.29, 0.717) is 0 Å². The molecule has 2 N–H and O–H groups in total. The topological polar surface area (TPSA) is 51.8 Å². The van der Waals surface area contributed by atoms with Gasteiger partial charge in [-0.1, -0.05) is 42.7 Å². The first-order chi connectivity index (χ1) is 9.17. The first kappa shape index (κ1) is 12.3. The van der Waals surface area contributed by atoms with Gasteiger partial charge in [-0.05, 0) is 25.3 Å². The number of nitrogens with zero attached hydrogens (tertiary/aromatic N) is 2. The number of aryl methyl sites for hydroxylation is 1. The van der Waals surface area contributed by atoms with E-state index in [1.165, 1.54) is 18.4 Å². The van der Waals surface area contributed by atoms with Gasteiger partial charge < -0.3 is 5.73 Å². The lowest BCUT2D eigenvalue weighted by atomic mass is 9.98. The van der Waals surface area contributed by atoms with Crippen LogP contribution >= 0.6 is 0 Å². The van der Waals surface area contributed by atoms with Crippen molar-refractivity contribution in [2.75, 3.05) is 0 Å². The molecule has 98 valence electrons. The maximum Gasteiger partial charge on any atom is 0.148 e. The van der Waals surface area contributed by atoms with Crippen LogP contribution < -0.4 is 5.73 Å². The van der Waals surface area contributed by atoms with Crippen molar-refractivity contribution in [3.05, 3.63) is 48.0 Å². The molecule has 2 aromatic rings. The molecule has 1 saturated carbocycles. The van der Waals surface area contributed by atoms with E-state index >= 15 is 0 Å². The van der Waals surface area contributed by atoms with E-state index in [9.17, 15) is 0 Å². The Labute approximate surface area is 113 Å². The second kappa shape index (κ2) is 4.74. The van der Waals surface area contributed by atoms with Crippen LogP contribution in [0, 0.1) is 6.92 Å². The first-order valence-electron chi connectivity index (χ1n) is 6.86. The van der Waals surface area contributed by atoms with Crippen molar-refractivity contribution in [3.63, 3.8) is 0 Å². The molecule has 1 aliphatic rings. The summed E-state index contributed by atoms with van der Waals surface area (Å²) in [7, 11) is 0. The molecule has 1 heterocycles. The minimum atomic E-state index is -0.300. The van der Waals surface area contributed by atoms with Gasteiger partial charge in [0.2, 0.25) is 0 Å². The van der Waals surface area contributed by atoms with E-state index in [0.717, 1.165) is 29.8 Å². The van der Waals surface area contributed by atoms with Gasteiger partial charge in [0.05, 0.1) is 5.54 Å². The van der Waals surface area contributed by atoms with Crippen molar-refractivity contribution in [1.82, 2.24) is 9.97 Å². The molecule has 0 atom stereocenters. The van der Waals surface area contributed by atoms with Gasteiger partial charge in [-0.3, -0.25) is 0 Å². The molecule has 0 aliphatic heterocycles. The molecule has 3 heteroatoms. The number of hydrogen-bond donors (Lipinski definition) is 1. The Hall–Kier alpha value is -1.74. The molecule has 0 unspecified atom stereocenters. The summed E-state index contributed by atoms with van der Waals surface area (Å²) in [5.41, 5.74) is 9.52. The Morgan fingerprint density at radius 3 is 2.37 bits per heavy atom. The van der Waals surface area contributed by atoms with E-state index in [1.807, 2.05) is 12.4 Å². The van der Waals surface area contributed by atoms with E-state index in [4.69, 9.17) is 5.73 Å². The van der Waals surface area contributed by atoms with E-state index < -0.39 is 0 Å². The third kappa shape index (κ3) is 2.38. The highest BCUT2D eigenvalue weighted by atomic mass is 15.0. The summed E-state index contributed by atoms with van der Waals surface area (Å²) in [6.45, 7) is 2.09. The maximum absolute atomic E-state index is 6.37. The first-order valence-corrected chi connectivity index (χ1v) is 6.86. The maximum atomic E-state index is 6.37. The summed E-state index contributed by atoms with van der Waals surface area (Å²) in [5, 5.41) is 0. The van der Waals surface area contributed by atoms with Gasteiger partial charge in [-0.2, -0.15) is 0 Å². The molecule has 1 aromatic heterocycles. The summed E-state index contributed by atoms with van der Waals surface area (Å²) in [6.07, 6.45) is 8.14. The smallest absolute Gasteiger partial charge is 0.148 e. The van der Waals surface area contributed by atoms with Crippen LogP contribution in [0.25, 0.3) is 11.1 Å². The molecule has 0 amide bonds. The number of aromatic nitrogens is 2. The second-order valence-electron chi connectivity index (χ2n) is 5.53. The summed E-state index contributed by atoms with van der Waals surface area (Å²) in [4.78, 5) is 9.00. The minimum Gasteiger partial charge on any atom is -0.319 e. The lowest BCUT2D eigenvalue weighted by molar-refractivity contribution is 0.431. The molecule has 0 radical (unpaired) electrons. The number of benzene rings is 1. The van der Waals surface area contributed by atoms with Crippen LogP contribution in [0.4, 0.5) is 0 Å². The fourth-order valence-electron chi connectivity index (χ4n) is 2.79. The lowest BCUT2D eigenvalue weighted by Gasteiger charge is -2.21. The Morgan fingerprint density at radius 1 is 1.05 bits per heavy atom. The summed E-state index contributed by atoms with van der Waals surface area (Å²) in [6, 6.07) is 8.37. The van der Waals surface area contributed by atoms with Crippen LogP contribution in [0.15, 0.2) is 36.7 Å². The predicted molar refractivity (Wildman–Crippen MR) is 76.5 cm³/mol. The quantitative estimate of drug-likeness (QED) is 0.894. The van der Waals surface area contributed by atoms with Gasteiger partial charge in [-0.25, -0.2) is 9.97 Å². The highest BCUT2D eigenvalue weighted by Crippen LogP contribution is 2.34. The minimum absolute atomic E-state index is 0.300. The van der Waals surface area contributed by atoms with Gasteiger partial charge in [0.25, 0.3) is 0 Å². The van der Waals surface area contributed by atoms with Gasteiger partial charge in [-0.15, -0.1) is 0 Å². The zero-order valence-electron chi connectivity index (χ0n) is 11.3. The molecule has 1 aromatic carbocycles. The second-order valence-corrected chi connectivity index (χ2v) is 5.53.